The van der Waals surface area contributed by atoms with Crippen LogP contribution in [0.3, 0.4) is 0 Å². The van der Waals surface area contributed by atoms with Crippen molar-refractivity contribution in [2.75, 3.05) is 39.4 Å². The molecule has 3 N–H and O–H groups in total. The summed E-state index contributed by atoms with van der Waals surface area (Å²) in [7, 11) is 0. The second kappa shape index (κ2) is 10.2. The van der Waals surface area contributed by atoms with Crippen molar-refractivity contribution in [3.63, 3.8) is 0 Å². The summed E-state index contributed by atoms with van der Waals surface area (Å²) in [5.74, 6) is 0.819. The summed E-state index contributed by atoms with van der Waals surface area (Å²) in [5.41, 5.74) is 2.07. The average molecular weight is 389 g/mol. The molecule has 2 saturated heterocycles. The highest BCUT2D eigenvalue weighted by Gasteiger charge is 2.29. The molecule has 3 rings (SSSR count). The van der Waals surface area contributed by atoms with Gasteiger partial charge < -0.3 is 20.5 Å². The van der Waals surface area contributed by atoms with Crippen LogP contribution in [0.25, 0.3) is 0 Å². The molecule has 0 aromatic heterocycles. The zero-order valence-corrected chi connectivity index (χ0v) is 17.4. The largest absolute Gasteiger partial charge is 0.388 e. The second-order valence-corrected chi connectivity index (χ2v) is 8.15. The lowest BCUT2D eigenvalue weighted by atomic mass is 9.95. The van der Waals surface area contributed by atoms with Gasteiger partial charge in [0.2, 0.25) is 0 Å². The fourth-order valence-corrected chi connectivity index (χ4v) is 3.91. The molecular weight excluding hydrogens is 352 g/mol. The molecule has 0 unspecified atom stereocenters. The molecule has 2 aliphatic rings. The maximum atomic E-state index is 10.6. The Hall–Kier alpha value is -1.63. The highest BCUT2D eigenvalue weighted by molar-refractivity contribution is 5.80. The Balaban J connectivity index is 1.48. The Morgan fingerprint density at radius 2 is 1.96 bits per heavy atom. The zero-order valence-electron chi connectivity index (χ0n) is 17.4. The van der Waals surface area contributed by atoms with Gasteiger partial charge in [-0.05, 0) is 37.8 Å². The zero-order chi connectivity index (χ0) is 19.8. The van der Waals surface area contributed by atoms with Crippen molar-refractivity contribution in [1.29, 1.82) is 0 Å². The number of benzene rings is 1. The number of hydrogen-bond donors (Lipinski definition) is 3. The number of rotatable bonds is 6. The minimum Gasteiger partial charge on any atom is -0.388 e. The monoisotopic (exact) mass is 388 g/mol. The van der Waals surface area contributed by atoms with Gasteiger partial charge in [0.15, 0.2) is 5.96 Å². The molecule has 0 radical (unpaired) electrons. The van der Waals surface area contributed by atoms with Crippen LogP contribution >= 0.6 is 0 Å². The molecule has 6 nitrogen and oxygen atoms in total. The van der Waals surface area contributed by atoms with Gasteiger partial charge in [-0.2, -0.15) is 0 Å². The molecule has 2 fully saturated rings. The van der Waals surface area contributed by atoms with Crippen molar-refractivity contribution in [2.45, 2.75) is 57.7 Å². The topological polar surface area (TPSA) is 69.1 Å². The number of likely N-dealkylation sites (tertiary alicyclic amines) is 1. The minimum absolute atomic E-state index is 0.426. The lowest BCUT2D eigenvalue weighted by Crippen LogP contribution is -2.49. The van der Waals surface area contributed by atoms with Crippen LogP contribution in [0.5, 0.6) is 0 Å². The molecule has 6 heteroatoms. The Morgan fingerprint density at radius 1 is 1.25 bits per heavy atom. The Kier molecular flexibility index (Phi) is 7.71. The molecule has 0 amide bonds. The predicted molar refractivity (Wildman–Crippen MR) is 114 cm³/mol. The van der Waals surface area contributed by atoms with Crippen LogP contribution in [0.4, 0.5) is 0 Å². The van der Waals surface area contributed by atoms with E-state index < -0.39 is 5.60 Å². The van der Waals surface area contributed by atoms with Gasteiger partial charge in [-0.25, -0.2) is 0 Å². The first-order valence-electron chi connectivity index (χ1n) is 10.7. The number of aliphatic imine (C=N–C) groups is 1. The Bertz CT molecular complexity index is 635. The van der Waals surface area contributed by atoms with Gasteiger partial charge in [-0.15, -0.1) is 0 Å². The quantitative estimate of drug-likeness (QED) is 0.514. The number of nitrogens with one attached hydrogen (secondary N) is 2. The molecule has 0 saturated carbocycles. The average Bonchev–Trinajstić information content (AvgIpc) is 2.70. The Morgan fingerprint density at radius 3 is 2.64 bits per heavy atom. The fraction of sp³-hybridized carbons (Fsp3) is 0.682. The maximum Gasteiger partial charge on any atom is 0.191 e. The third-order valence-electron chi connectivity index (χ3n) is 5.88. The first-order chi connectivity index (χ1) is 13.6. The van der Waals surface area contributed by atoms with E-state index in [4.69, 9.17) is 4.74 Å². The number of ether oxygens (including phenoxy) is 1. The van der Waals surface area contributed by atoms with Gasteiger partial charge in [0.1, 0.15) is 0 Å². The molecule has 28 heavy (non-hydrogen) atoms. The highest BCUT2D eigenvalue weighted by Crippen LogP contribution is 2.21. The summed E-state index contributed by atoms with van der Waals surface area (Å²) in [4.78, 5) is 7.21. The van der Waals surface area contributed by atoms with E-state index in [-0.39, 0.29) is 0 Å². The summed E-state index contributed by atoms with van der Waals surface area (Å²) in [6.45, 7) is 9.96. The predicted octanol–water partition coefficient (Wildman–Crippen LogP) is 2.06. The van der Waals surface area contributed by atoms with Gasteiger partial charge in [-0.1, -0.05) is 24.3 Å². The first-order valence-corrected chi connectivity index (χ1v) is 10.7. The third-order valence-corrected chi connectivity index (χ3v) is 5.88. The van der Waals surface area contributed by atoms with E-state index in [1.807, 2.05) is 0 Å². The lowest BCUT2D eigenvalue weighted by Gasteiger charge is -2.34. The van der Waals surface area contributed by atoms with Crippen LogP contribution < -0.4 is 10.6 Å². The van der Waals surface area contributed by atoms with Crippen molar-refractivity contribution in [3.05, 3.63) is 35.4 Å². The van der Waals surface area contributed by atoms with Crippen molar-refractivity contribution in [1.82, 2.24) is 15.5 Å². The molecule has 0 atom stereocenters. The van der Waals surface area contributed by atoms with E-state index in [9.17, 15) is 5.11 Å². The number of aryl methyl sites for hydroxylation is 1. The van der Waals surface area contributed by atoms with Crippen LogP contribution in [0, 0.1) is 6.92 Å². The summed E-state index contributed by atoms with van der Waals surface area (Å²) < 4.78 is 5.36. The van der Waals surface area contributed by atoms with E-state index >= 15 is 0 Å². The minimum atomic E-state index is -0.725. The van der Waals surface area contributed by atoms with Crippen LogP contribution in [0.15, 0.2) is 29.3 Å². The van der Waals surface area contributed by atoms with E-state index in [1.165, 1.54) is 11.1 Å². The second-order valence-electron chi connectivity index (χ2n) is 8.15. The molecule has 1 aromatic carbocycles. The molecule has 0 bridgehead atoms. The molecule has 0 aliphatic carbocycles. The van der Waals surface area contributed by atoms with Gasteiger partial charge >= 0.3 is 0 Å². The SMILES string of the molecule is CCNC(=NCC1(O)CCOCC1)NC1CCN(Cc2ccccc2C)CC1. The smallest absolute Gasteiger partial charge is 0.191 e. The van der Waals surface area contributed by atoms with Gasteiger partial charge in [0, 0.05) is 58.3 Å². The number of hydrogen-bond acceptors (Lipinski definition) is 4. The van der Waals surface area contributed by atoms with E-state index in [1.54, 1.807) is 0 Å². The molecule has 2 aliphatic heterocycles. The standard InChI is InChI=1S/C22H36N4O2/c1-3-23-21(24-17-22(27)10-14-28-15-11-22)25-20-8-12-26(13-9-20)16-19-7-5-4-6-18(19)2/h4-7,20,27H,3,8-17H2,1-2H3,(H2,23,24,25). The summed E-state index contributed by atoms with van der Waals surface area (Å²) in [6, 6.07) is 9.08. The third kappa shape index (κ3) is 6.19. The van der Waals surface area contributed by atoms with E-state index in [0.29, 0.717) is 38.6 Å². The number of piperidine rings is 1. The van der Waals surface area contributed by atoms with Crippen LogP contribution in [0.2, 0.25) is 0 Å². The summed E-state index contributed by atoms with van der Waals surface area (Å²) in [6.07, 6.45) is 3.53. The van der Waals surface area contributed by atoms with Crippen LogP contribution in [-0.2, 0) is 11.3 Å². The highest BCUT2D eigenvalue weighted by atomic mass is 16.5. The molecule has 0 spiro atoms. The van der Waals surface area contributed by atoms with Gasteiger partial charge in [-0.3, -0.25) is 9.89 Å². The Labute approximate surface area is 169 Å². The molecular formula is C22H36N4O2. The van der Waals surface area contributed by atoms with Crippen molar-refractivity contribution >= 4 is 5.96 Å². The van der Waals surface area contributed by atoms with E-state index in [2.05, 4.69) is 58.6 Å². The normalized spacial score (nSPS) is 21.5. The first kappa shape index (κ1) is 21.1. The number of aliphatic hydroxyl groups is 1. The molecule has 2 heterocycles. The molecule has 1 aromatic rings. The van der Waals surface area contributed by atoms with Crippen LogP contribution in [-0.4, -0.2) is 67.0 Å². The van der Waals surface area contributed by atoms with Crippen molar-refractivity contribution in [3.8, 4) is 0 Å². The van der Waals surface area contributed by atoms with Crippen LogP contribution in [0.1, 0.15) is 43.7 Å². The summed E-state index contributed by atoms with van der Waals surface area (Å²) in [5, 5.41) is 17.5. The van der Waals surface area contributed by atoms with Gasteiger partial charge in [0.05, 0.1) is 12.1 Å². The van der Waals surface area contributed by atoms with Crippen molar-refractivity contribution < 1.29 is 9.84 Å². The number of nitrogens with zero attached hydrogens (tertiary/aromatic N) is 2. The fourth-order valence-electron chi connectivity index (χ4n) is 3.91. The van der Waals surface area contributed by atoms with E-state index in [0.717, 1.165) is 45.0 Å². The molecule has 156 valence electrons. The lowest BCUT2D eigenvalue weighted by molar-refractivity contribution is -0.0566. The maximum absolute atomic E-state index is 10.6. The van der Waals surface area contributed by atoms with Gasteiger partial charge in [0.25, 0.3) is 0 Å². The number of guanidine groups is 1. The van der Waals surface area contributed by atoms with Crippen molar-refractivity contribution in [2.24, 2.45) is 4.99 Å². The summed E-state index contributed by atoms with van der Waals surface area (Å²) >= 11 is 0.